The van der Waals surface area contributed by atoms with Crippen LogP contribution >= 0.6 is 0 Å². The predicted molar refractivity (Wildman–Crippen MR) is 200 cm³/mol. The summed E-state index contributed by atoms with van der Waals surface area (Å²) in [4.78, 5) is 24.7. The van der Waals surface area contributed by atoms with E-state index in [9.17, 15) is 4.79 Å². The van der Waals surface area contributed by atoms with Gasteiger partial charge in [0.25, 0.3) is 0 Å². The molecule has 0 bridgehead atoms. The van der Waals surface area contributed by atoms with Crippen LogP contribution in [0.15, 0.2) is 121 Å². The van der Waals surface area contributed by atoms with Gasteiger partial charge < -0.3 is 24.3 Å². The first kappa shape index (κ1) is 32.5. The Kier molecular flexibility index (Phi) is 9.05. The van der Waals surface area contributed by atoms with Gasteiger partial charge in [0.2, 0.25) is 5.72 Å². The van der Waals surface area contributed by atoms with Crippen molar-refractivity contribution in [3.8, 4) is 0 Å². The van der Waals surface area contributed by atoms with Crippen LogP contribution in [0.25, 0.3) is 0 Å². The van der Waals surface area contributed by atoms with Gasteiger partial charge in [-0.05, 0) is 91.3 Å². The van der Waals surface area contributed by atoms with Crippen LogP contribution in [-0.4, -0.2) is 54.8 Å². The van der Waals surface area contributed by atoms with E-state index in [1.807, 2.05) is 65.4 Å². The summed E-state index contributed by atoms with van der Waals surface area (Å²) in [5.74, 6) is -0.350. The van der Waals surface area contributed by atoms with Gasteiger partial charge in [-0.1, -0.05) is 42.5 Å². The van der Waals surface area contributed by atoms with Gasteiger partial charge >= 0.3 is 5.97 Å². The SMILES string of the molecule is CCN(Cc1ccccc1)c1ccc(C2(N(c3ccc(N(C)C)cc3)c3ccc(N(C)C)cc3)OC(=O)c3cc(N(C)C)ccc32)cc1. The van der Waals surface area contributed by atoms with Gasteiger partial charge in [-0.3, -0.25) is 4.90 Å². The lowest BCUT2D eigenvalue weighted by atomic mass is 9.89. The number of esters is 1. The molecule has 48 heavy (non-hydrogen) atoms. The molecule has 1 unspecified atom stereocenters. The Bertz CT molecular complexity index is 1800. The van der Waals surface area contributed by atoms with Crippen molar-refractivity contribution < 1.29 is 9.53 Å². The second-order valence-electron chi connectivity index (χ2n) is 12.9. The molecular weight excluding hydrogens is 594 g/mol. The fourth-order valence-corrected chi connectivity index (χ4v) is 6.43. The lowest BCUT2D eigenvalue weighted by Gasteiger charge is -2.42. The van der Waals surface area contributed by atoms with Crippen molar-refractivity contribution in [3.05, 3.63) is 144 Å². The molecule has 1 atom stereocenters. The molecule has 7 heteroatoms. The van der Waals surface area contributed by atoms with Crippen molar-refractivity contribution in [2.75, 3.05) is 73.3 Å². The second-order valence-corrected chi connectivity index (χ2v) is 12.9. The summed E-state index contributed by atoms with van der Waals surface area (Å²) in [6.45, 7) is 3.83. The molecule has 0 saturated heterocycles. The first-order valence-electron chi connectivity index (χ1n) is 16.4. The Labute approximate surface area is 285 Å². The van der Waals surface area contributed by atoms with Crippen LogP contribution in [0.1, 0.15) is 34.0 Å². The molecule has 0 saturated carbocycles. The molecule has 6 rings (SSSR count). The van der Waals surface area contributed by atoms with Crippen molar-refractivity contribution in [1.29, 1.82) is 0 Å². The van der Waals surface area contributed by atoms with Crippen molar-refractivity contribution in [1.82, 2.24) is 0 Å². The highest BCUT2D eigenvalue weighted by molar-refractivity contribution is 5.98. The van der Waals surface area contributed by atoms with Crippen LogP contribution in [-0.2, 0) is 17.0 Å². The summed E-state index contributed by atoms with van der Waals surface area (Å²) < 4.78 is 6.72. The van der Waals surface area contributed by atoms with Crippen LogP contribution in [0, 0.1) is 0 Å². The summed E-state index contributed by atoms with van der Waals surface area (Å²) in [5.41, 5.74) is 8.21. The molecule has 5 aromatic rings. The van der Waals surface area contributed by atoms with E-state index >= 15 is 0 Å². The maximum atomic E-state index is 14.0. The Hall–Kier alpha value is -5.43. The minimum atomic E-state index is -1.27. The van der Waals surface area contributed by atoms with Gasteiger partial charge in [-0.2, -0.15) is 0 Å². The van der Waals surface area contributed by atoms with E-state index in [1.165, 1.54) is 5.56 Å². The molecule has 0 radical (unpaired) electrons. The molecule has 0 aliphatic carbocycles. The van der Waals surface area contributed by atoms with E-state index in [0.29, 0.717) is 5.56 Å². The molecule has 7 nitrogen and oxygen atoms in total. The minimum absolute atomic E-state index is 0.350. The van der Waals surface area contributed by atoms with E-state index in [-0.39, 0.29) is 5.97 Å². The zero-order valence-electron chi connectivity index (χ0n) is 29.0. The Balaban J connectivity index is 1.56. The van der Waals surface area contributed by atoms with Gasteiger partial charge in [-0.25, -0.2) is 4.79 Å². The molecule has 0 aromatic heterocycles. The van der Waals surface area contributed by atoms with Gasteiger partial charge in [-0.15, -0.1) is 0 Å². The Morgan fingerprint density at radius 3 is 1.54 bits per heavy atom. The van der Waals surface area contributed by atoms with E-state index in [2.05, 4.69) is 130 Å². The van der Waals surface area contributed by atoms with Crippen molar-refractivity contribution in [3.63, 3.8) is 0 Å². The highest BCUT2D eigenvalue weighted by Gasteiger charge is 2.52. The number of benzene rings is 5. The molecule has 5 aromatic carbocycles. The number of hydrogen-bond acceptors (Lipinski definition) is 7. The van der Waals surface area contributed by atoms with Crippen LogP contribution in [0.5, 0.6) is 0 Å². The van der Waals surface area contributed by atoms with E-state index in [4.69, 9.17) is 4.74 Å². The molecule has 1 heterocycles. The summed E-state index contributed by atoms with van der Waals surface area (Å²) in [6.07, 6.45) is 0. The number of anilines is 6. The number of hydrogen-bond donors (Lipinski definition) is 0. The van der Waals surface area contributed by atoms with Crippen molar-refractivity contribution in [2.24, 2.45) is 0 Å². The minimum Gasteiger partial charge on any atom is -0.426 e. The number of fused-ring (bicyclic) bond motifs is 1. The topological polar surface area (TPSA) is 42.5 Å². The maximum absolute atomic E-state index is 14.0. The van der Waals surface area contributed by atoms with Gasteiger partial charge in [0.15, 0.2) is 0 Å². The number of nitrogens with zero attached hydrogens (tertiary/aromatic N) is 5. The number of carbonyl (C=O) groups is 1. The van der Waals surface area contributed by atoms with Gasteiger partial charge in [0, 0.05) is 101 Å². The monoisotopic (exact) mass is 639 g/mol. The number of cyclic esters (lactones) is 1. The summed E-state index contributed by atoms with van der Waals surface area (Å²) in [6, 6.07) is 41.9. The molecular formula is C41H45N5O2. The fourth-order valence-electron chi connectivity index (χ4n) is 6.43. The first-order valence-corrected chi connectivity index (χ1v) is 16.4. The Morgan fingerprint density at radius 2 is 1.04 bits per heavy atom. The number of carbonyl (C=O) groups excluding carboxylic acids is 1. The molecule has 0 spiro atoms. The Morgan fingerprint density at radius 1 is 0.562 bits per heavy atom. The summed E-state index contributed by atoms with van der Waals surface area (Å²) in [7, 11) is 12.1. The van der Waals surface area contributed by atoms with Crippen molar-refractivity contribution >= 4 is 40.1 Å². The van der Waals surface area contributed by atoms with E-state index in [0.717, 1.165) is 58.3 Å². The highest BCUT2D eigenvalue weighted by atomic mass is 16.6. The van der Waals surface area contributed by atoms with Gasteiger partial charge in [0.1, 0.15) is 0 Å². The quantitative estimate of drug-likeness (QED) is 0.135. The van der Waals surface area contributed by atoms with Crippen LogP contribution in [0.2, 0.25) is 0 Å². The van der Waals surface area contributed by atoms with Crippen LogP contribution in [0.4, 0.5) is 34.1 Å². The summed E-state index contributed by atoms with van der Waals surface area (Å²) >= 11 is 0. The number of ether oxygens (including phenoxy) is 1. The summed E-state index contributed by atoms with van der Waals surface area (Å²) in [5, 5.41) is 0. The number of rotatable bonds is 11. The second kappa shape index (κ2) is 13.4. The predicted octanol–water partition coefficient (Wildman–Crippen LogP) is 8.12. The zero-order chi connectivity index (χ0) is 34.0. The van der Waals surface area contributed by atoms with Crippen LogP contribution in [0.3, 0.4) is 0 Å². The third kappa shape index (κ3) is 6.04. The smallest absolute Gasteiger partial charge is 0.341 e. The highest BCUT2D eigenvalue weighted by Crippen LogP contribution is 2.51. The zero-order valence-corrected chi connectivity index (χ0v) is 29.0. The van der Waals surface area contributed by atoms with E-state index < -0.39 is 5.72 Å². The molecule has 0 amide bonds. The largest absolute Gasteiger partial charge is 0.426 e. The van der Waals surface area contributed by atoms with Crippen molar-refractivity contribution in [2.45, 2.75) is 19.2 Å². The first-order chi connectivity index (χ1) is 23.1. The van der Waals surface area contributed by atoms with Crippen LogP contribution < -0.4 is 24.5 Å². The maximum Gasteiger partial charge on any atom is 0.341 e. The third-order valence-corrected chi connectivity index (χ3v) is 9.13. The average molecular weight is 640 g/mol. The fraction of sp³-hybridized carbons (Fsp3) is 0.244. The molecule has 0 N–H and O–H groups in total. The standard InChI is InChI=1S/C41H45N5O2/c1-8-45(29-30-12-10-9-11-13-30)34-16-14-31(15-17-34)41(39-27-26-37(44(6)7)28-38(39)40(47)48-41)46(35-22-18-32(19-23-35)42(2)3)36-24-20-33(21-25-36)43(4)5/h9-28H,8,29H2,1-7H3. The van der Waals surface area contributed by atoms with E-state index in [1.54, 1.807) is 0 Å². The lowest BCUT2D eigenvalue weighted by Crippen LogP contribution is -2.45. The van der Waals surface area contributed by atoms with Gasteiger partial charge in [0.05, 0.1) is 5.56 Å². The normalized spacial score (nSPS) is 15.0. The lowest BCUT2D eigenvalue weighted by molar-refractivity contribution is 0.0134. The molecule has 1 aliphatic heterocycles. The molecule has 0 fully saturated rings. The average Bonchev–Trinajstić information content (AvgIpc) is 3.40. The molecule has 1 aliphatic rings. The molecule has 246 valence electrons. The third-order valence-electron chi connectivity index (χ3n) is 9.13.